The van der Waals surface area contributed by atoms with Crippen LogP contribution in [0.3, 0.4) is 0 Å². The Labute approximate surface area is 72.3 Å². The zero-order valence-electron chi connectivity index (χ0n) is 7.12. The normalized spacial score (nSPS) is 10.8. The molecular weight excluding hydrogens is 150 g/mol. The molecule has 0 saturated heterocycles. The van der Waals surface area contributed by atoms with E-state index >= 15 is 0 Å². The molecule has 0 fully saturated rings. The van der Waals surface area contributed by atoms with E-state index in [-0.39, 0.29) is 0 Å². The summed E-state index contributed by atoms with van der Waals surface area (Å²) in [6.07, 6.45) is 5.64. The van der Waals surface area contributed by atoms with Gasteiger partial charge in [0.25, 0.3) is 0 Å². The Morgan fingerprint density at radius 3 is 3.17 bits per heavy atom. The summed E-state index contributed by atoms with van der Waals surface area (Å²) in [6.45, 7) is 0.844. The third-order valence-electron chi connectivity index (χ3n) is 1.42. The highest BCUT2D eigenvalue weighted by molar-refractivity contribution is 5.51. The van der Waals surface area contributed by atoms with Crippen molar-refractivity contribution >= 4 is 11.8 Å². The SMILES string of the molecule is CNCC=Cc1cc(N)ccn1. The molecule has 0 aliphatic heterocycles. The van der Waals surface area contributed by atoms with Crippen molar-refractivity contribution in [3.05, 3.63) is 30.1 Å². The van der Waals surface area contributed by atoms with Crippen molar-refractivity contribution in [1.29, 1.82) is 0 Å². The molecule has 0 unspecified atom stereocenters. The number of likely N-dealkylation sites (N-methyl/N-ethyl adjacent to an activating group) is 1. The van der Waals surface area contributed by atoms with Gasteiger partial charge in [-0.3, -0.25) is 4.98 Å². The molecule has 12 heavy (non-hydrogen) atoms. The summed E-state index contributed by atoms with van der Waals surface area (Å²) in [7, 11) is 1.90. The van der Waals surface area contributed by atoms with Gasteiger partial charge < -0.3 is 11.1 Å². The lowest BCUT2D eigenvalue weighted by molar-refractivity contribution is 0.922. The average Bonchev–Trinajstić information content (AvgIpc) is 2.05. The van der Waals surface area contributed by atoms with Crippen molar-refractivity contribution < 1.29 is 0 Å². The summed E-state index contributed by atoms with van der Waals surface area (Å²) < 4.78 is 0. The monoisotopic (exact) mass is 163 g/mol. The maximum Gasteiger partial charge on any atom is 0.0647 e. The van der Waals surface area contributed by atoms with Crippen LogP contribution < -0.4 is 11.1 Å². The highest BCUT2D eigenvalue weighted by Gasteiger charge is 1.87. The molecule has 3 heteroatoms. The summed E-state index contributed by atoms with van der Waals surface area (Å²) in [4.78, 5) is 4.12. The predicted octanol–water partition coefficient (Wildman–Crippen LogP) is 0.896. The number of nitrogens with zero attached hydrogens (tertiary/aromatic N) is 1. The van der Waals surface area contributed by atoms with Crippen LogP contribution in [0.25, 0.3) is 6.08 Å². The van der Waals surface area contributed by atoms with Crippen LogP contribution in [0, 0.1) is 0 Å². The second-order valence-electron chi connectivity index (χ2n) is 2.47. The van der Waals surface area contributed by atoms with E-state index < -0.39 is 0 Å². The van der Waals surface area contributed by atoms with Crippen LogP contribution in [0.1, 0.15) is 5.69 Å². The van der Waals surface area contributed by atoms with E-state index in [1.807, 2.05) is 25.3 Å². The third kappa shape index (κ3) is 2.72. The molecule has 0 aromatic carbocycles. The van der Waals surface area contributed by atoms with Crippen molar-refractivity contribution in [3.8, 4) is 0 Å². The first-order chi connectivity index (χ1) is 5.83. The lowest BCUT2D eigenvalue weighted by Crippen LogP contribution is -2.03. The molecular formula is C9H13N3. The molecule has 1 aromatic rings. The Kier molecular flexibility index (Phi) is 3.29. The largest absolute Gasteiger partial charge is 0.399 e. The Morgan fingerprint density at radius 1 is 1.67 bits per heavy atom. The van der Waals surface area contributed by atoms with E-state index in [0.717, 1.165) is 17.9 Å². The Bertz CT molecular complexity index is 268. The summed E-state index contributed by atoms with van der Waals surface area (Å²) in [6, 6.07) is 3.61. The Balaban J connectivity index is 2.63. The maximum absolute atomic E-state index is 5.57. The lowest BCUT2D eigenvalue weighted by Gasteiger charge is -1.94. The summed E-state index contributed by atoms with van der Waals surface area (Å²) in [5.41, 5.74) is 7.21. The number of anilines is 1. The maximum atomic E-state index is 5.57. The predicted molar refractivity (Wildman–Crippen MR) is 51.6 cm³/mol. The topological polar surface area (TPSA) is 50.9 Å². The molecule has 3 N–H and O–H groups in total. The number of nitrogens with two attached hydrogens (primary N) is 1. The van der Waals surface area contributed by atoms with E-state index in [9.17, 15) is 0 Å². The number of rotatable bonds is 3. The van der Waals surface area contributed by atoms with Gasteiger partial charge in [-0.15, -0.1) is 0 Å². The fourth-order valence-electron chi connectivity index (χ4n) is 0.854. The van der Waals surface area contributed by atoms with Crippen LogP contribution in [0.5, 0.6) is 0 Å². The summed E-state index contributed by atoms with van der Waals surface area (Å²) in [5, 5.41) is 3.01. The minimum atomic E-state index is 0.745. The van der Waals surface area contributed by atoms with Crippen molar-refractivity contribution in [3.63, 3.8) is 0 Å². The molecule has 1 heterocycles. The van der Waals surface area contributed by atoms with Crippen molar-refractivity contribution in [2.24, 2.45) is 0 Å². The third-order valence-corrected chi connectivity index (χ3v) is 1.42. The molecule has 0 aliphatic carbocycles. The summed E-state index contributed by atoms with van der Waals surface area (Å²) in [5.74, 6) is 0. The lowest BCUT2D eigenvalue weighted by atomic mass is 10.3. The van der Waals surface area contributed by atoms with Gasteiger partial charge in [-0.25, -0.2) is 0 Å². The zero-order chi connectivity index (χ0) is 8.81. The van der Waals surface area contributed by atoms with Crippen LogP contribution >= 0.6 is 0 Å². The number of pyridine rings is 1. The number of hydrogen-bond acceptors (Lipinski definition) is 3. The van der Waals surface area contributed by atoms with Gasteiger partial charge in [0.05, 0.1) is 5.69 Å². The quantitative estimate of drug-likeness (QED) is 0.696. The van der Waals surface area contributed by atoms with E-state index in [4.69, 9.17) is 5.73 Å². The first-order valence-electron chi connectivity index (χ1n) is 3.85. The first-order valence-corrected chi connectivity index (χ1v) is 3.85. The molecule has 0 saturated carbocycles. The molecule has 0 amide bonds. The van der Waals surface area contributed by atoms with Gasteiger partial charge in [0.1, 0.15) is 0 Å². The summed E-state index contributed by atoms with van der Waals surface area (Å²) >= 11 is 0. The average molecular weight is 163 g/mol. The fourth-order valence-corrected chi connectivity index (χ4v) is 0.854. The fraction of sp³-hybridized carbons (Fsp3) is 0.222. The Hall–Kier alpha value is -1.35. The van der Waals surface area contributed by atoms with Gasteiger partial charge in [-0.1, -0.05) is 6.08 Å². The first kappa shape index (κ1) is 8.74. The van der Waals surface area contributed by atoms with E-state index in [0.29, 0.717) is 0 Å². The molecule has 1 aromatic heterocycles. The van der Waals surface area contributed by atoms with Gasteiger partial charge in [0.15, 0.2) is 0 Å². The number of nitrogens with one attached hydrogen (secondary N) is 1. The van der Waals surface area contributed by atoms with Crippen LogP contribution in [-0.2, 0) is 0 Å². The zero-order valence-corrected chi connectivity index (χ0v) is 7.12. The van der Waals surface area contributed by atoms with Crippen LogP contribution in [-0.4, -0.2) is 18.6 Å². The van der Waals surface area contributed by atoms with Crippen LogP contribution in [0.2, 0.25) is 0 Å². The molecule has 1 rings (SSSR count). The molecule has 0 aliphatic rings. The van der Waals surface area contributed by atoms with E-state index in [1.165, 1.54) is 0 Å². The Morgan fingerprint density at radius 2 is 2.50 bits per heavy atom. The van der Waals surface area contributed by atoms with Crippen molar-refractivity contribution in [2.45, 2.75) is 0 Å². The van der Waals surface area contributed by atoms with Crippen LogP contribution in [0.15, 0.2) is 24.4 Å². The standard InChI is InChI=1S/C9H13N3/c1-11-5-2-3-9-7-8(10)4-6-12-9/h2-4,6-7,11H,5H2,1H3,(H2,10,12). The van der Waals surface area contributed by atoms with Crippen molar-refractivity contribution in [2.75, 3.05) is 19.3 Å². The smallest absolute Gasteiger partial charge is 0.0647 e. The molecule has 64 valence electrons. The van der Waals surface area contributed by atoms with E-state index in [2.05, 4.69) is 10.3 Å². The van der Waals surface area contributed by atoms with Gasteiger partial charge in [-0.05, 0) is 25.3 Å². The van der Waals surface area contributed by atoms with Gasteiger partial charge in [-0.2, -0.15) is 0 Å². The van der Waals surface area contributed by atoms with Crippen molar-refractivity contribution in [1.82, 2.24) is 10.3 Å². The number of hydrogen-bond donors (Lipinski definition) is 2. The van der Waals surface area contributed by atoms with Gasteiger partial charge in [0, 0.05) is 18.4 Å². The van der Waals surface area contributed by atoms with Crippen LogP contribution in [0.4, 0.5) is 5.69 Å². The van der Waals surface area contributed by atoms with Gasteiger partial charge in [0.2, 0.25) is 0 Å². The minimum absolute atomic E-state index is 0.745. The second-order valence-corrected chi connectivity index (χ2v) is 2.47. The highest BCUT2D eigenvalue weighted by Crippen LogP contribution is 2.03. The molecule has 0 radical (unpaired) electrons. The molecule has 0 bridgehead atoms. The molecule has 0 spiro atoms. The molecule has 0 atom stereocenters. The number of aromatic nitrogens is 1. The van der Waals surface area contributed by atoms with E-state index in [1.54, 1.807) is 12.3 Å². The molecule has 3 nitrogen and oxygen atoms in total. The highest BCUT2D eigenvalue weighted by atomic mass is 14.8. The number of nitrogen functional groups attached to an aromatic ring is 1. The minimum Gasteiger partial charge on any atom is -0.399 e. The second kappa shape index (κ2) is 4.51. The van der Waals surface area contributed by atoms with Gasteiger partial charge >= 0.3 is 0 Å².